The highest BCUT2D eigenvalue weighted by Crippen LogP contribution is 2.44. The minimum Gasteiger partial charge on any atom is -0.0986 e. The maximum Gasteiger partial charge on any atom is 0.00827 e. The van der Waals surface area contributed by atoms with E-state index in [1.54, 1.807) is 5.56 Å². The average Bonchev–Trinajstić information content (AvgIpc) is 3.25. The third-order valence-corrected chi connectivity index (χ3v) is 9.61. The van der Waals surface area contributed by atoms with Gasteiger partial charge in [-0.2, -0.15) is 0 Å². The van der Waals surface area contributed by atoms with Gasteiger partial charge in [0.05, 0.1) is 0 Å². The summed E-state index contributed by atoms with van der Waals surface area (Å²) in [6, 6.07) is 11.8. The Balaban J connectivity index is 1.35. The molecule has 0 amide bonds. The van der Waals surface area contributed by atoms with Gasteiger partial charge in [0.25, 0.3) is 0 Å². The molecule has 3 aliphatic rings. The van der Waals surface area contributed by atoms with E-state index in [0.717, 1.165) is 31.1 Å². The largest absolute Gasteiger partial charge is 0.0986 e. The van der Waals surface area contributed by atoms with Gasteiger partial charge >= 0.3 is 0 Å². The first-order valence-corrected chi connectivity index (χ1v) is 15.5. The fourth-order valence-corrected chi connectivity index (χ4v) is 7.62. The van der Waals surface area contributed by atoms with Crippen LogP contribution in [0, 0.1) is 42.9 Å². The van der Waals surface area contributed by atoms with Gasteiger partial charge in [0.15, 0.2) is 0 Å². The van der Waals surface area contributed by atoms with Crippen molar-refractivity contribution in [2.24, 2.45) is 29.1 Å². The smallest absolute Gasteiger partial charge is 0.00827 e. The number of benzene rings is 2. The van der Waals surface area contributed by atoms with Gasteiger partial charge in [-0.05, 0) is 121 Å². The minimum absolute atomic E-state index is 0.291. The van der Waals surface area contributed by atoms with E-state index in [9.17, 15) is 0 Å². The predicted octanol–water partition coefficient (Wildman–Crippen LogP) is 11.0. The third-order valence-electron chi connectivity index (χ3n) is 9.61. The molecule has 0 aromatic heterocycles. The van der Waals surface area contributed by atoms with Crippen molar-refractivity contribution >= 4 is 6.08 Å². The molecule has 0 nitrogen and oxygen atoms in total. The van der Waals surface area contributed by atoms with Crippen LogP contribution in [0.3, 0.4) is 0 Å². The lowest BCUT2D eigenvalue weighted by molar-refractivity contribution is 0.196. The topological polar surface area (TPSA) is 0 Å². The van der Waals surface area contributed by atoms with Crippen LogP contribution in [0.4, 0.5) is 0 Å². The van der Waals surface area contributed by atoms with Crippen LogP contribution in [-0.4, -0.2) is 0 Å². The summed E-state index contributed by atoms with van der Waals surface area (Å²) < 4.78 is 0. The molecule has 3 aliphatic carbocycles. The highest BCUT2D eigenvalue weighted by molar-refractivity contribution is 5.80. The highest BCUT2D eigenvalue weighted by atomic mass is 14.3. The lowest BCUT2D eigenvalue weighted by Gasteiger charge is -2.33. The van der Waals surface area contributed by atoms with Crippen LogP contribution in [-0.2, 0) is 12.8 Å². The minimum atomic E-state index is 0.291. The van der Waals surface area contributed by atoms with Gasteiger partial charge in [-0.15, -0.1) is 0 Å². The molecule has 0 N–H and O–H groups in total. The van der Waals surface area contributed by atoms with E-state index in [1.165, 1.54) is 82.2 Å². The maximum atomic E-state index is 4.61. The Hall–Kier alpha value is -2.60. The SMILES string of the molecule is C=C1C=CC(CC(C)(C)C)C(=C)C1CC1=Cc2cccc(-c3cc(C)cc(C)c3CCCC3CC(C)C3)c2C1. The summed E-state index contributed by atoms with van der Waals surface area (Å²) in [5.74, 6) is 2.70. The first kappa shape index (κ1) is 27.9. The van der Waals surface area contributed by atoms with Crippen molar-refractivity contribution in [3.05, 3.63) is 100 Å². The molecular weight excluding hydrogens is 468 g/mol. The van der Waals surface area contributed by atoms with E-state index in [2.05, 4.69) is 103 Å². The second-order valence-corrected chi connectivity index (χ2v) is 14.4. The molecule has 0 aliphatic heterocycles. The quantitative estimate of drug-likeness (QED) is 0.305. The van der Waals surface area contributed by atoms with E-state index in [0.29, 0.717) is 17.3 Å². The van der Waals surface area contributed by atoms with Gasteiger partial charge in [-0.3, -0.25) is 0 Å². The van der Waals surface area contributed by atoms with E-state index in [1.807, 2.05) is 0 Å². The molecule has 39 heavy (non-hydrogen) atoms. The van der Waals surface area contributed by atoms with Gasteiger partial charge in [0.1, 0.15) is 0 Å². The van der Waals surface area contributed by atoms with Crippen molar-refractivity contribution in [3.63, 3.8) is 0 Å². The van der Waals surface area contributed by atoms with Crippen LogP contribution in [0.25, 0.3) is 17.2 Å². The van der Waals surface area contributed by atoms with Gasteiger partial charge < -0.3 is 0 Å². The van der Waals surface area contributed by atoms with Gasteiger partial charge in [0, 0.05) is 5.92 Å². The molecule has 0 radical (unpaired) electrons. The summed E-state index contributed by atoms with van der Waals surface area (Å²) in [6.07, 6.45) is 17.1. The zero-order valence-electron chi connectivity index (χ0n) is 25.5. The molecule has 5 rings (SSSR count). The van der Waals surface area contributed by atoms with Crippen LogP contribution in [0.2, 0.25) is 0 Å². The fourth-order valence-electron chi connectivity index (χ4n) is 7.62. The lowest BCUT2D eigenvalue weighted by atomic mass is 9.71. The molecule has 2 aromatic carbocycles. The second kappa shape index (κ2) is 11.1. The predicted molar refractivity (Wildman–Crippen MR) is 171 cm³/mol. The van der Waals surface area contributed by atoms with Gasteiger partial charge in [-0.1, -0.05) is 113 Å². The summed E-state index contributed by atoms with van der Waals surface area (Å²) in [5.41, 5.74) is 14.6. The molecule has 0 saturated heterocycles. The summed E-state index contributed by atoms with van der Waals surface area (Å²) in [5, 5.41) is 0. The number of allylic oxidation sites excluding steroid dienone is 5. The Labute approximate surface area is 239 Å². The number of aryl methyl sites for hydroxylation is 2. The average molecular weight is 519 g/mol. The van der Waals surface area contributed by atoms with Crippen LogP contribution in [0.15, 0.2) is 72.4 Å². The molecule has 1 saturated carbocycles. The molecule has 0 spiro atoms. The maximum absolute atomic E-state index is 4.61. The Morgan fingerprint density at radius 1 is 1.00 bits per heavy atom. The van der Waals surface area contributed by atoms with Gasteiger partial charge in [-0.25, -0.2) is 0 Å². The Morgan fingerprint density at radius 2 is 1.77 bits per heavy atom. The van der Waals surface area contributed by atoms with E-state index >= 15 is 0 Å². The van der Waals surface area contributed by atoms with E-state index < -0.39 is 0 Å². The third kappa shape index (κ3) is 6.26. The van der Waals surface area contributed by atoms with Crippen molar-refractivity contribution in [2.75, 3.05) is 0 Å². The van der Waals surface area contributed by atoms with Crippen LogP contribution < -0.4 is 0 Å². The van der Waals surface area contributed by atoms with E-state index in [4.69, 9.17) is 0 Å². The monoisotopic (exact) mass is 518 g/mol. The first-order chi connectivity index (χ1) is 18.5. The summed E-state index contributed by atoms with van der Waals surface area (Å²) >= 11 is 0. The summed E-state index contributed by atoms with van der Waals surface area (Å²) in [7, 11) is 0. The van der Waals surface area contributed by atoms with Crippen molar-refractivity contribution in [2.45, 2.75) is 92.9 Å². The van der Waals surface area contributed by atoms with Crippen LogP contribution >= 0.6 is 0 Å². The van der Waals surface area contributed by atoms with Crippen molar-refractivity contribution in [1.29, 1.82) is 0 Å². The molecule has 206 valence electrons. The molecule has 2 unspecified atom stereocenters. The van der Waals surface area contributed by atoms with E-state index in [-0.39, 0.29) is 0 Å². The Bertz CT molecular complexity index is 1310. The van der Waals surface area contributed by atoms with Crippen molar-refractivity contribution in [3.8, 4) is 11.1 Å². The first-order valence-electron chi connectivity index (χ1n) is 15.5. The fraction of sp³-hybridized carbons (Fsp3) is 0.487. The van der Waals surface area contributed by atoms with Crippen molar-refractivity contribution < 1.29 is 0 Å². The molecular formula is C39H50. The Morgan fingerprint density at radius 3 is 2.49 bits per heavy atom. The second-order valence-electron chi connectivity index (χ2n) is 14.4. The van der Waals surface area contributed by atoms with Crippen molar-refractivity contribution in [1.82, 2.24) is 0 Å². The standard InChI is InChI=1S/C39H50/c1-25-17-28(4)34(13-9-11-30-18-26(2)19-30)38(20-25)35-14-10-12-32-21-31(23-37(32)35)22-36-27(3)15-16-33(29(36)5)24-39(6,7)8/h10,12,14-17,20-21,26,30,33,36H,3,5,9,11,13,18-19,22-24H2,1-2,4,6-8H3. The molecule has 2 aromatic rings. The molecule has 0 bridgehead atoms. The molecule has 2 atom stereocenters. The lowest BCUT2D eigenvalue weighted by Crippen LogP contribution is -2.21. The van der Waals surface area contributed by atoms with Gasteiger partial charge in [0.2, 0.25) is 0 Å². The number of fused-ring (bicyclic) bond motifs is 1. The zero-order chi connectivity index (χ0) is 27.9. The molecule has 1 fully saturated rings. The number of hydrogen-bond donors (Lipinski definition) is 0. The number of hydrogen-bond acceptors (Lipinski definition) is 0. The summed E-state index contributed by atoms with van der Waals surface area (Å²) in [4.78, 5) is 0. The zero-order valence-corrected chi connectivity index (χ0v) is 25.5. The normalized spacial score (nSPS) is 24.5. The summed E-state index contributed by atoms with van der Waals surface area (Å²) in [6.45, 7) is 23.0. The molecule has 0 heteroatoms. The number of rotatable bonds is 8. The highest BCUT2D eigenvalue weighted by Gasteiger charge is 2.30. The Kier molecular flexibility index (Phi) is 7.96. The van der Waals surface area contributed by atoms with Crippen LogP contribution in [0.5, 0.6) is 0 Å². The van der Waals surface area contributed by atoms with Crippen LogP contribution in [0.1, 0.15) is 94.0 Å². The molecule has 0 heterocycles.